The minimum Gasteiger partial charge on any atom is -0.376 e. The Morgan fingerprint density at radius 2 is 2.10 bits per heavy atom. The first-order valence-corrected chi connectivity index (χ1v) is 8.30. The summed E-state index contributed by atoms with van der Waals surface area (Å²) in [5.41, 5.74) is -0.166. The standard InChI is InChI=1S/C16H29NO4/c1-3-16(4-2)13-17(8-10-21-16)15(18)12-19-11-14-7-5-6-9-20-14/h14H,3-13H2,1-2H3. The molecular formula is C16H29NO4. The van der Waals surface area contributed by atoms with Gasteiger partial charge in [0.05, 0.1) is 24.9 Å². The molecule has 122 valence electrons. The van der Waals surface area contributed by atoms with Crippen LogP contribution < -0.4 is 0 Å². The number of nitrogens with zero attached hydrogens (tertiary/aromatic N) is 1. The van der Waals surface area contributed by atoms with Crippen LogP contribution in [-0.2, 0) is 19.0 Å². The van der Waals surface area contributed by atoms with Crippen molar-refractivity contribution in [3.8, 4) is 0 Å². The van der Waals surface area contributed by atoms with E-state index >= 15 is 0 Å². The van der Waals surface area contributed by atoms with Crippen molar-refractivity contribution in [2.45, 2.75) is 57.7 Å². The Morgan fingerprint density at radius 1 is 1.29 bits per heavy atom. The molecule has 0 N–H and O–H groups in total. The highest BCUT2D eigenvalue weighted by Gasteiger charge is 2.35. The molecule has 2 heterocycles. The second-order valence-corrected chi connectivity index (χ2v) is 6.06. The van der Waals surface area contributed by atoms with E-state index in [-0.39, 0.29) is 24.2 Å². The van der Waals surface area contributed by atoms with Crippen molar-refractivity contribution in [1.82, 2.24) is 4.90 Å². The zero-order valence-electron chi connectivity index (χ0n) is 13.4. The first kappa shape index (κ1) is 16.7. The van der Waals surface area contributed by atoms with Gasteiger partial charge >= 0.3 is 0 Å². The first-order valence-electron chi connectivity index (χ1n) is 8.30. The summed E-state index contributed by atoms with van der Waals surface area (Å²) in [6.45, 7) is 7.72. The Kier molecular flexibility index (Phi) is 6.45. The highest BCUT2D eigenvalue weighted by Crippen LogP contribution is 2.25. The maximum absolute atomic E-state index is 12.3. The molecule has 0 aromatic carbocycles. The topological polar surface area (TPSA) is 48.0 Å². The van der Waals surface area contributed by atoms with Crippen LogP contribution >= 0.6 is 0 Å². The van der Waals surface area contributed by atoms with Crippen molar-refractivity contribution in [2.24, 2.45) is 0 Å². The van der Waals surface area contributed by atoms with Crippen molar-refractivity contribution in [3.63, 3.8) is 0 Å². The Labute approximate surface area is 127 Å². The molecule has 2 fully saturated rings. The second kappa shape index (κ2) is 8.11. The summed E-state index contributed by atoms with van der Waals surface area (Å²) in [4.78, 5) is 14.2. The van der Waals surface area contributed by atoms with E-state index in [1.807, 2.05) is 4.90 Å². The smallest absolute Gasteiger partial charge is 0.248 e. The van der Waals surface area contributed by atoms with Gasteiger partial charge in [-0.3, -0.25) is 4.79 Å². The lowest BCUT2D eigenvalue weighted by molar-refractivity contribution is -0.157. The van der Waals surface area contributed by atoms with Crippen LogP contribution in [-0.4, -0.2) is 62.0 Å². The highest BCUT2D eigenvalue weighted by atomic mass is 16.5. The fourth-order valence-corrected chi connectivity index (χ4v) is 3.04. The van der Waals surface area contributed by atoms with Crippen molar-refractivity contribution in [3.05, 3.63) is 0 Å². The summed E-state index contributed by atoms with van der Waals surface area (Å²) in [5.74, 6) is 0.0698. The average molecular weight is 299 g/mol. The van der Waals surface area contributed by atoms with Crippen molar-refractivity contribution >= 4 is 5.91 Å². The molecule has 2 rings (SSSR count). The van der Waals surface area contributed by atoms with Gasteiger partial charge in [0.15, 0.2) is 0 Å². The van der Waals surface area contributed by atoms with E-state index in [9.17, 15) is 4.79 Å². The zero-order valence-corrected chi connectivity index (χ0v) is 13.4. The van der Waals surface area contributed by atoms with Gasteiger partial charge in [-0.2, -0.15) is 0 Å². The maximum Gasteiger partial charge on any atom is 0.248 e. The van der Waals surface area contributed by atoms with E-state index in [4.69, 9.17) is 14.2 Å². The van der Waals surface area contributed by atoms with E-state index in [2.05, 4.69) is 13.8 Å². The molecule has 0 aliphatic carbocycles. The number of morpholine rings is 1. The Morgan fingerprint density at radius 3 is 2.76 bits per heavy atom. The van der Waals surface area contributed by atoms with Crippen LogP contribution in [0.5, 0.6) is 0 Å². The van der Waals surface area contributed by atoms with Crippen molar-refractivity contribution in [2.75, 3.05) is 39.5 Å². The van der Waals surface area contributed by atoms with Crippen LogP contribution in [0, 0.1) is 0 Å². The summed E-state index contributed by atoms with van der Waals surface area (Å²) in [7, 11) is 0. The Bertz CT molecular complexity index is 324. The minimum absolute atomic E-state index is 0.0698. The molecule has 5 nitrogen and oxygen atoms in total. The molecule has 0 radical (unpaired) electrons. The summed E-state index contributed by atoms with van der Waals surface area (Å²) < 4.78 is 17.1. The second-order valence-electron chi connectivity index (χ2n) is 6.06. The average Bonchev–Trinajstić information content (AvgIpc) is 2.55. The van der Waals surface area contributed by atoms with Crippen molar-refractivity contribution < 1.29 is 19.0 Å². The number of hydrogen-bond acceptors (Lipinski definition) is 4. The predicted octanol–water partition coefficient (Wildman–Crippen LogP) is 1.99. The van der Waals surface area contributed by atoms with E-state index in [1.165, 1.54) is 6.42 Å². The minimum atomic E-state index is -0.166. The summed E-state index contributed by atoms with van der Waals surface area (Å²) in [6, 6.07) is 0. The molecule has 0 saturated carbocycles. The molecular weight excluding hydrogens is 270 g/mol. The number of hydrogen-bond donors (Lipinski definition) is 0. The molecule has 2 saturated heterocycles. The highest BCUT2D eigenvalue weighted by molar-refractivity contribution is 5.77. The van der Waals surface area contributed by atoms with Crippen LogP contribution in [0.15, 0.2) is 0 Å². The molecule has 1 unspecified atom stereocenters. The van der Waals surface area contributed by atoms with E-state index < -0.39 is 0 Å². The van der Waals surface area contributed by atoms with Gasteiger partial charge in [0.25, 0.3) is 0 Å². The SMILES string of the molecule is CCC1(CC)CN(C(=O)COCC2CCCCO2)CCO1. The van der Waals surface area contributed by atoms with Gasteiger partial charge in [0, 0.05) is 19.7 Å². The molecule has 21 heavy (non-hydrogen) atoms. The molecule has 2 aliphatic heterocycles. The summed E-state index contributed by atoms with van der Waals surface area (Å²) in [6.07, 6.45) is 5.41. The van der Waals surface area contributed by atoms with Crippen molar-refractivity contribution in [1.29, 1.82) is 0 Å². The number of ether oxygens (including phenoxy) is 3. The third-order valence-corrected chi connectivity index (χ3v) is 4.69. The van der Waals surface area contributed by atoms with Crippen LogP contribution in [0.3, 0.4) is 0 Å². The van der Waals surface area contributed by atoms with Crippen LogP contribution in [0.1, 0.15) is 46.0 Å². The molecule has 1 amide bonds. The number of carbonyl (C=O) groups is 1. The van der Waals surface area contributed by atoms with Gasteiger partial charge < -0.3 is 19.1 Å². The van der Waals surface area contributed by atoms with E-state index in [0.29, 0.717) is 26.3 Å². The van der Waals surface area contributed by atoms with Gasteiger partial charge in [-0.25, -0.2) is 0 Å². The Hall–Kier alpha value is -0.650. The lowest BCUT2D eigenvalue weighted by Gasteiger charge is -2.42. The molecule has 0 spiro atoms. The van der Waals surface area contributed by atoms with Gasteiger partial charge in [0.1, 0.15) is 6.61 Å². The first-order chi connectivity index (χ1) is 10.2. The molecule has 0 bridgehead atoms. The lowest BCUT2D eigenvalue weighted by Crippen LogP contribution is -2.54. The monoisotopic (exact) mass is 299 g/mol. The third kappa shape index (κ3) is 4.66. The molecule has 1 atom stereocenters. The molecule has 5 heteroatoms. The summed E-state index contributed by atoms with van der Waals surface area (Å²) in [5, 5.41) is 0. The normalized spacial score (nSPS) is 25.8. The van der Waals surface area contributed by atoms with Crippen LogP contribution in [0.2, 0.25) is 0 Å². The van der Waals surface area contributed by atoms with Crippen LogP contribution in [0.25, 0.3) is 0 Å². The number of carbonyl (C=O) groups excluding carboxylic acids is 1. The summed E-state index contributed by atoms with van der Waals surface area (Å²) >= 11 is 0. The third-order valence-electron chi connectivity index (χ3n) is 4.69. The quantitative estimate of drug-likeness (QED) is 0.752. The Balaban J connectivity index is 1.72. The van der Waals surface area contributed by atoms with Gasteiger partial charge in [0.2, 0.25) is 5.91 Å². The largest absolute Gasteiger partial charge is 0.376 e. The molecule has 0 aromatic heterocycles. The predicted molar refractivity (Wildman–Crippen MR) is 80.3 cm³/mol. The van der Waals surface area contributed by atoms with E-state index in [1.54, 1.807) is 0 Å². The van der Waals surface area contributed by atoms with E-state index in [0.717, 1.165) is 32.3 Å². The number of rotatable bonds is 6. The zero-order chi connectivity index (χ0) is 15.1. The van der Waals surface area contributed by atoms with Crippen LogP contribution in [0.4, 0.5) is 0 Å². The van der Waals surface area contributed by atoms with Gasteiger partial charge in [-0.15, -0.1) is 0 Å². The number of amides is 1. The molecule has 2 aliphatic rings. The maximum atomic E-state index is 12.3. The fraction of sp³-hybridized carbons (Fsp3) is 0.938. The van der Waals surface area contributed by atoms with Gasteiger partial charge in [-0.1, -0.05) is 13.8 Å². The lowest BCUT2D eigenvalue weighted by atomic mass is 9.95. The molecule has 0 aromatic rings. The van der Waals surface area contributed by atoms with Gasteiger partial charge in [-0.05, 0) is 32.1 Å². The fourth-order valence-electron chi connectivity index (χ4n) is 3.04.